The summed E-state index contributed by atoms with van der Waals surface area (Å²) < 4.78 is 0. The number of nitrogens with one attached hydrogen (secondary N) is 1. The molecule has 1 heterocycles. The number of aryl methyl sites for hydroxylation is 1. The molecule has 0 unspecified atom stereocenters. The zero-order valence-electron chi connectivity index (χ0n) is 19.4. The number of aromatic hydroxyl groups is 1. The van der Waals surface area contributed by atoms with Crippen LogP contribution < -0.4 is 5.32 Å². The van der Waals surface area contributed by atoms with Crippen LogP contribution in [0.25, 0.3) is 22.0 Å². The molecule has 0 bridgehead atoms. The smallest absolute Gasteiger partial charge is 0.229 e. The van der Waals surface area contributed by atoms with Gasteiger partial charge in [0.25, 0.3) is 0 Å². The molecular formula is C30H25N3O2. The standard InChI is InChI=1S/C30H25N3O2/c1-20-29(24-13-15-26(34)16-14-24)32-27(18-21-7-3-2-4-8-21)30(31-20)33-28(35)19-22-11-12-23-9-5-6-10-25(23)17-22/h2-17,34H,18-19H2,1H3,(H,31,33,35). The first-order chi connectivity index (χ1) is 17.0. The molecule has 0 aliphatic rings. The molecular weight excluding hydrogens is 434 g/mol. The SMILES string of the molecule is Cc1nc(NC(=O)Cc2ccc3ccccc3c2)c(Cc2ccccc2)nc1-c1ccc(O)cc1. The molecule has 4 aromatic carbocycles. The number of fused-ring (bicyclic) bond motifs is 1. The van der Waals surface area contributed by atoms with E-state index >= 15 is 0 Å². The minimum Gasteiger partial charge on any atom is -0.508 e. The van der Waals surface area contributed by atoms with Crippen LogP contribution >= 0.6 is 0 Å². The quantitative estimate of drug-likeness (QED) is 0.323. The number of hydrogen-bond acceptors (Lipinski definition) is 4. The Kier molecular flexibility index (Phi) is 6.22. The Hall–Kier alpha value is -4.51. The van der Waals surface area contributed by atoms with Crippen molar-refractivity contribution < 1.29 is 9.90 Å². The molecule has 5 nitrogen and oxygen atoms in total. The maximum absolute atomic E-state index is 13.0. The Morgan fingerprint density at radius 3 is 2.29 bits per heavy atom. The maximum Gasteiger partial charge on any atom is 0.229 e. The summed E-state index contributed by atoms with van der Waals surface area (Å²) in [6, 6.07) is 31.1. The molecule has 1 aromatic heterocycles. The van der Waals surface area contributed by atoms with Crippen LogP contribution in [-0.2, 0) is 17.6 Å². The summed E-state index contributed by atoms with van der Waals surface area (Å²) in [5, 5.41) is 14.9. The van der Waals surface area contributed by atoms with E-state index in [-0.39, 0.29) is 18.1 Å². The van der Waals surface area contributed by atoms with Crippen molar-refractivity contribution >= 4 is 22.5 Å². The summed E-state index contributed by atoms with van der Waals surface area (Å²) in [5.41, 5.74) is 4.99. The van der Waals surface area contributed by atoms with Gasteiger partial charge in [-0.25, -0.2) is 9.97 Å². The number of nitrogens with zero attached hydrogens (tertiary/aromatic N) is 2. The molecule has 0 saturated heterocycles. The van der Waals surface area contributed by atoms with E-state index in [0.29, 0.717) is 23.6 Å². The van der Waals surface area contributed by atoms with Gasteiger partial charge in [0, 0.05) is 12.0 Å². The van der Waals surface area contributed by atoms with Gasteiger partial charge in [-0.05, 0) is 53.1 Å². The molecule has 5 rings (SSSR count). The lowest BCUT2D eigenvalue weighted by Gasteiger charge is -2.14. The van der Waals surface area contributed by atoms with Crippen LogP contribution in [0.3, 0.4) is 0 Å². The number of phenols is 1. The third kappa shape index (κ3) is 5.20. The maximum atomic E-state index is 13.0. The van der Waals surface area contributed by atoms with Crippen molar-refractivity contribution in [1.82, 2.24) is 9.97 Å². The van der Waals surface area contributed by atoms with Crippen LogP contribution in [-0.4, -0.2) is 21.0 Å². The number of anilines is 1. The summed E-state index contributed by atoms with van der Waals surface area (Å²) in [5.74, 6) is 0.529. The first-order valence-corrected chi connectivity index (χ1v) is 11.5. The first kappa shape index (κ1) is 22.3. The highest BCUT2D eigenvalue weighted by Crippen LogP contribution is 2.27. The van der Waals surface area contributed by atoms with E-state index < -0.39 is 0 Å². The summed E-state index contributed by atoms with van der Waals surface area (Å²) >= 11 is 0. The van der Waals surface area contributed by atoms with Gasteiger partial charge in [0.1, 0.15) is 5.75 Å². The highest BCUT2D eigenvalue weighted by atomic mass is 16.3. The van der Waals surface area contributed by atoms with Crippen molar-refractivity contribution in [2.45, 2.75) is 19.8 Å². The molecule has 5 aromatic rings. The van der Waals surface area contributed by atoms with E-state index in [1.54, 1.807) is 12.1 Å². The Bertz CT molecular complexity index is 1500. The van der Waals surface area contributed by atoms with Crippen molar-refractivity contribution in [3.8, 4) is 17.0 Å². The Morgan fingerprint density at radius 2 is 1.51 bits per heavy atom. The molecule has 0 aliphatic carbocycles. The van der Waals surface area contributed by atoms with Crippen molar-refractivity contribution in [2.75, 3.05) is 5.32 Å². The molecule has 172 valence electrons. The molecule has 1 amide bonds. The fourth-order valence-corrected chi connectivity index (χ4v) is 4.17. The number of carbonyl (C=O) groups excluding carboxylic acids is 1. The normalized spacial score (nSPS) is 10.9. The lowest BCUT2D eigenvalue weighted by atomic mass is 10.0. The lowest BCUT2D eigenvalue weighted by Crippen LogP contribution is -2.18. The first-order valence-electron chi connectivity index (χ1n) is 11.5. The average Bonchev–Trinajstić information content (AvgIpc) is 2.87. The Morgan fingerprint density at radius 1 is 0.800 bits per heavy atom. The number of phenolic OH excluding ortho intramolecular Hbond substituents is 1. The number of carbonyl (C=O) groups is 1. The van der Waals surface area contributed by atoms with Crippen LogP contribution in [0.2, 0.25) is 0 Å². The van der Waals surface area contributed by atoms with Gasteiger partial charge in [-0.1, -0.05) is 72.8 Å². The largest absolute Gasteiger partial charge is 0.508 e. The second-order valence-electron chi connectivity index (χ2n) is 8.57. The third-order valence-corrected chi connectivity index (χ3v) is 5.93. The Balaban J connectivity index is 1.45. The van der Waals surface area contributed by atoms with Crippen LogP contribution in [0.15, 0.2) is 97.1 Å². The predicted molar refractivity (Wildman–Crippen MR) is 139 cm³/mol. The van der Waals surface area contributed by atoms with E-state index in [4.69, 9.17) is 9.97 Å². The number of hydrogen-bond donors (Lipinski definition) is 2. The highest BCUT2D eigenvalue weighted by molar-refractivity contribution is 5.93. The number of amides is 1. The summed E-state index contributed by atoms with van der Waals surface area (Å²) in [7, 11) is 0. The monoisotopic (exact) mass is 459 g/mol. The van der Waals surface area contributed by atoms with Crippen molar-refractivity contribution in [3.63, 3.8) is 0 Å². The van der Waals surface area contributed by atoms with E-state index in [1.165, 1.54) is 0 Å². The van der Waals surface area contributed by atoms with Gasteiger partial charge >= 0.3 is 0 Å². The van der Waals surface area contributed by atoms with Crippen LogP contribution in [0.1, 0.15) is 22.5 Å². The Labute approximate surface area is 204 Å². The average molecular weight is 460 g/mol. The van der Waals surface area contributed by atoms with Gasteiger partial charge < -0.3 is 10.4 Å². The second kappa shape index (κ2) is 9.77. The van der Waals surface area contributed by atoms with Gasteiger partial charge in [-0.2, -0.15) is 0 Å². The van der Waals surface area contributed by atoms with E-state index in [1.807, 2.05) is 85.8 Å². The van der Waals surface area contributed by atoms with Crippen LogP contribution in [0.4, 0.5) is 5.82 Å². The van der Waals surface area contributed by atoms with Crippen molar-refractivity contribution in [3.05, 3.63) is 120 Å². The van der Waals surface area contributed by atoms with Gasteiger partial charge in [-0.3, -0.25) is 4.79 Å². The van der Waals surface area contributed by atoms with Crippen LogP contribution in [0.5, 0.6) is 5.75 Å². The number of aromatic nitrogens is 2. The fraction of sp³-hybridized carbons (Fsp3) is 0.100. The molecule has 0 fully saturated rings. The lowest BCUT2D eigenvalue weighted by molar-refractivity contribution is -0.115. The highest BCUT2D eigenvalue weighted by Gasteiger charge is 2.16. The minimum absolute atomic E-state index is 0.138. The summed E-state index contributed by atoms with van der Waals surface area (Å²) in [4.78, 5) is 22.7. The van der Waals surface area contributed by atoms with Crippen molar-refractivity contribution in [1.29, 1.82) is 0 Å². The molecule has 0 aliphatic heterocycles. The van der Waals surface area contributed by atoms with Gasteiger partial charge in [-0.15, -0.1) is 0 Å². The predicted octanol–water partition coefficient (Wildman–Crippen LogP) is 6.08. The topological polar surface area (TPSA) is 75.1 Å². The van der Waals surface area contributed by atoms with Gasteiger partial charge in [0.15, 0.2) is 5.82 Å². The van der Waals surface area contributed by atoms with Gasteiger partial charge in [0.2, 0.25) is 5.91 Å². The van der Waals surface area contributed by atoms with E-state index in [9.17, 15) is 9.90 Å². The molecule has 0 saturated carbocycles. The van der Waals surface area contributed by atoms with E-state index in [0.717, 1.165) is 33.2 Å². The zero-order valence-corrected chi connectivity index (χ0v) is 19.4. The summed E-state index contributed by atoms with van der Waals surface area (Å²) in [6.07, 6.45) is 0.779. The zero-order chi connectivity index (χ0) is 24.2. The number of rotatable bonds is 6. The third-order valence-electron chi connectivity index (χ3n) is 5.93. The molecule has 0 atom stereocenters. The molecule has 0 spiro atoms. The molecule has 2 N–H and O–H groups in total. The molecule has 35 heavy (non-hydrogen) atoms. The fourth-order valence-electron chi connectivity index (χ4n) is 4.17. The van der Waals surface area contributed by atoms with Crippen molar-refractivity contribution in [2.24, 2.45) is 0 Å². The molecule has 0 radical (unpaired) electrons. The minimum atomic E-state index is -0.138. The van der Waals surface area contributed by atoms with Crippen LogP contribution in [0, 0.1) is 6.92 Å². The van der Waals surface area contributed by atoms with E-state index in [2.05, 4.69) is 11.4 Å². The summed E-state index contributed by atoms with van der Waals surface area (Å²) in [6.45, 7) is 1.88. The van der Waals surface area contributed by atoms with Gasteiger partial charge in [0.05, 0.1) is 23.5 Å². The molecule has 5 heteroatoms. The number of benzene rings is 4. The second-order valence-corrected chi connectivity index (χ2v) is 8.57.